The summed E-state index contributed by atoms with van der Waals surface area (Å²) >= 11 is 0. The van der Waals surface area contributed by atoms with Crippen LogP contribution >= 0.6 is 0 Å². The molecule has 40 valence electrons. The predicted molar refractivity (Wildman–Crippen MR) is 27.0 cm³/mol. The summed E-state index contributed by atoms with van der Waals surface area (Å²) in [6.07, 6.45) is 3.46. The van der Waals surface area contributed by atoms with Crippen LogP contribution in [0.4, 0.5) is 0 Å². The number of aromatic amines is 1. The molecule has 4 nitrogen and oxygen atoms in total. The van der Waals surface area contributed by atoms with Crippen LogP contribution in [0.3, 0.4) is 0 Å². The van der Waals surface area contributed by atoms with E-state index in [9.17, 15) is 0 Å². The third kappa shape index (κ3) is 2.95. The van der Waals surface area contributed by atoms with Gasteiger partial charge in [0.2, 0.25) is 0 Å². The van der Waals surface area contributed by atoms with Gasteiger partial charge in [-0.2, -0.15) is 5.10 Å². The van der Waals surface area contributed by atoms with Gasteiger partial charge < -0.3 is 0 Å². The van der Waals surface area contributed by atoms with E-state index in [-0.39, 0.29) is 0 Å². The summed E-state index contributed by atoms with van der Waals surface area (Å²) < 4.78 is 0. The number of rotatable bonds is 0. The lowest BCUT2D eigenvalue weighted by molar-refractivity contribution is 1.09. The molecular formula is C3H8N4. The highest BCUT2D eigenvalue weighted by Crippen LogP contribution is 1.64. The topological polar surface area (TPSA) is 80.7 Å². The van der Waals surface area contributed by atoms with Crippen molar-refractivity contribution in [3.63, 3.8) is 0 Å². The summed E-state index contributed by atoms with van der Waals surface area (Å²) in [5.74, 6) is 8.00. The fraction of sp³-hybridized carbons (Fsp3) is 0. The van der Waals surface area contributed by atoms with Crippen molar-refractivity contribution in [1.82, 2.24) is 10.2 Å². The van der Waals surface area contributed by atoms with Crippen LogP contribution in [0.5, 0.6) is 0 Å². The molecule has 4 heteroatoms. The summed E-state index contributed by atoms with van der Waals surface area (Å²) in [5.41, 5.74) is 0. The van der Waals surface area contributed by atoms with Gasteiger partial charge in [0.1, 0.15) is 0 Å². The van der Waals surface area contributed by atoms with Gasteiger partial charge in [-0.3, -0.25) is 16.8 Å². The van der Waals surface area contributed by atoms with Crippen LogP contribution in [0.25, 0.3) is 0 Å². The Hall–Kier alpha value is -0.870. The quantitative estimate of drug-likeness (QED) is 0.296. The maximum atomic E-state index is 4.00. The van der Waals surface area contributed by atoms with E-state index in [0.29, 0.717) is 0 Å². The maximum Gasteiger partial charge on any atom is 0.0487 e. The minimum absolute atomic E-state index is 1.69. The molecule has 0 unspecified atom stereocenters. The van der Waals surface area contributed by atoms with Crippen molar-refractivity contribution in [2.45, 2.75) is 0 Å². The number of hydrogen-bond donors (Lipinski definition) is 3. The Balaban J connectivity index is 0.000000162. The molecule has 0 aliphatic heterocycles. The van der Waals surface area contributed by atoms with E-state index in [2.05, 4.69) is 21.9 Å². The van der Waals surface area contributed by atoms with Gasteiger partial charge >= 0.3 is 0 Å². The van der Waals surface area contributed by atoms with E-state index in [1.54, 1.807) is 12.4 Å². The molecule has 0 saturated heterocycles. The molecule has 1 heterocycles. The van der Waals surface area contributed by atoms with E-state index in [1.165, 1.54) is 0 Å². The van der Waals surface area contributed by atoms with Crippen molar-refractivity contribution in [1.29, 1.82) is 0 Å². The number of nitrogens with one attached hydrogen (secondary N) is 1. The molecule has 1 rings (SSSR count). The summed E-state index contributed by atoms with van der Waals surface area (Å²) in [7, 11) is 0. The van der Waals surface area contributed by atoms with Crippen molar-refractivity contribution in [2.75, 3.05) is 0 Å². The lowest BCUT2D eigenvalue weighted by Crippen LogP contribution is -2.02. The van der Waals surface area contributed by atoms with Crippen LogP contribution in [0, 0.1) is 0 Å². The first kappa shape index (κ1) is 6.13. The largest absolute Gasteiger partial charge is 0.286 e. The van der Waals surface area contributed by atoms with E-state index in [0.717, 1.165) is 0 Å². The lowest BCUT2D eigenvalue weighted by atomic mass is 10.8. The number of aromatic nitrogens is 2. The Morgan fingerprint density at radius 2 is 2.14 bits per heavy atom. The normalized spacial score (nSPS) is 6.57. The molecule has 0 aromatic carbocycles. The third-order valence-corrected chi connectivity index (χ3v) is 0.406. The van der Waals surface area contributed by atoms with Crippen molar-refractivity contribution < 1.29 is 0 Å². The van der Waals surface area contributed by atoms with Crippen LogP contribution < -0.4 is 11.7 Å². The summed E-state index contributed by atoms with van der Waals surface area (Å²) in [6.45, 7) is 0. The van der Waals surface area contributed by atoms with Crippen LogP contribution in [0.1, 0.15) is 0 Å². The van der Waals surface area contributed by atoms with Gasteiger partial charge in [-0.15, -0.1) is 0 Å². The number of hydrazine groups is 1. The second-order valence-corrected chi connectivity index (χ2v) is 0.766. The molecule has 0 aliphatic rings. The maximum absolute atomic E-state index is 4.00. The zero-order chi connectivity index (χ0) is 5.54. The first-order valence-corrected chi connectivity index (χ1v) is 1.77. The molecule has 5 N–H and O–H groups in total. The highest BCUT2D eigenvalue weighted by molar-refractivity contribution is 4.72. The molecule has 1 aromatic rings. The number of nitrogens with two attached hydrogens (primary N) is 2. The molecule has 0 atom stereocenters. The zero-order valence-corrected chi connectivity index (χ0v) is 3.83. The summed E-state index contributed by atoms with van der Waals surface area (Å²) in [6, 6.07) is 1.83. The van der Waals surface area contributed by atoms with Crippen LogP contribution in [0.2, 0.25) is 0 Å². The minimum atomic E-state index is 1.69. The standard InChI is InChI=1S/C3H4N2.H4N2/c1-2-4-5-3-1;1-2/h1-3H,(H,4,5);1-2H2. The molecule has 7 heavy (non-hydrogen) atoms. The van der Waals surface area contributed by atoms with Gasteiger partial charge in [0.05, 0.1) is 0 Å². The summed E-state index contributed by atoms with van der Waals surface area (Å²) in [5, 5.41) is 6.21. The fourth-order valence-corrected chi connectivity index (χ4v) is 0.215. The van der Waals surface area contributed by atoms with Gasteiger partial charge in [0, 0.05) is 12.4 Å². The Morgan fingerprint density at radius 3 is 2.29 bits per heavy atom. The Bertz CT molecular complexity index is 63.4. The molecule has 0 spiro atoms. The Labute approximate surface area is 41.5 Å². The van der Waals surface area contributed by atoms with Crippen LogP contribution in [-0.2, 0) is 0 Å². The predicted octanol–water partition coefficient (Wildman–Crippen LogP) is -0.772. The second-order valence-electron chi connectivity index (χ2n) is 0.766. The fourth-order valence-electron chi connectivity index (χ4n) is 0.215. The van der Waals surface area contributed by atoms with Crippen molar-refractivity contribution >= 4 is 0 Å². The summed E-state index contributed by atoms with van der Waals surface area (Å²) in [4.78, 5) is 0. The SMILES string of the molecule is NN.c1cn[nH]c1. The Morgan fingerprint density at radius 1 is 1.43 bits per heavy atom. The average Bonchev–Trinajstić information content (AvgIpc) is 2.23. The van der Waals surface area contributed by atoms with Gasteiger partial charge in [0.15, 0.2) is 0 Å². The molecule has 0 aliphatic carbocycles. The van der Waals surface area contributed by atoms with E-state index in [4.69, 9.17) is 0 Å². The van der Waals surface area contributed by atoms with Crippen molar-refractivity contribution in [3.8, 4) is 0 Å². The highest BCUT2D eigenvalue weighted by atomic mass is 15.1. The zero-order valence-electron chi connectivity index (χ0n) is 3.83. The van der Waals surface area contributed by atoms with E-state index in [1.807, 2.05) is 6.07 Å². The smallest absolute Gasteiger partial charge is 0.0487 e. The molecule has 0 amide bonds. The third-order valence-electron chi connectivity index (χ3n) is 0.406. The first-order chi connectivity index (χ1) is 3.50. The van der Waals surface area contributed by atoms with E-state index >= 15 is 0 Å². The van der Waals surface area contributed by atoms with Gasteiger partial charge in [-0.25, -0.2) is 0 Å². The minimum Gasteiger partial charge on any atom is -0.286 e. The molecule has 0 bridgehead atoms. The monoisotopic (exact) mass is 100 g/mol. The van der Waals surface area contributed by atoms with Crippen LogP contribution in [-0.4, -0.2) is 10.2 Å². The molecular weight excluding hydrogens is 92.1 g/mol. The van der Waals surface area contributed by atoms with Crippen molar-refractivity contribution in [3.05, 3.63) is 18.5 Å². The van der Waals surface area contributed by atoms with Gasteiger partial charge in [0.25, 0.3) is 0 Å². The van der Waals surface area contributed by atoms with E-state index < -0.39 is 0 Å². The number of H-pyrrole nitrogens is 1. The van der Waals surface area contributed by atoms with Crippen molar-refractivity contribution in [2.24, 2.45) is 11.7 Å². The average molecular weight is 100 g/mol. The Kier molecular flexibility index (Phi) is 4.49. The van der Waals surface area contributed by atoms with Gasteiger partial charge in [-0.1, -0.05) is 0 Å². The van der Waals surface area contributed by atoms with Gasteiger partial charge in [-0.05, 0) is 6.07 Å². The number of hydrogen-bond acceptors (Lipinski definition) is 3. The lowest BCUT2D eigenvalue weighted by Gasteiger charge is -1.49. The molecule has 1 aromatic heterocycles. The number of nitrogens with zero attached hydrogens (tertiary/aromatic N) is 1. The molecule has 0 fully saturated rings. The molecule has 0 radical (unpaired) electrons. The van der Waals surface area contributed by atoms with Crippen LogP contribution in [0.15, 0.2) is 18.5 Å². The first-order valence-electron chi connectivity index (χ1n) is 1.77. The highest BCUT2D eigenvalue weighted by Gasteiger charge is 1.56. The molecule has 0 saturated carbocycles. The second kappa shape index (κ2) is 5.13.